The summed E-state index contributed by atoms with van der Waals surface area (Å²) in [6.45, 7) is 13.9. The summed E-state index contributed by atoms with van der Waals surface area (Å²) in [6, 6.07) is 0.325. The van der Waals surface area contributed by atoms with Crippen LogP contribution in [0.1, 0.15) is 52.0 Å². The SMILES string of the molecule is Cc1nn(C(C)C)c(C)c1NC(C)C(C)(C)O. The van der Waals surface area contributed by atoms with Gasteiger partial charge in [0.15, 0.2) is 0 Å². The lowest BCUT2D eigenvalue weighted by Gasteiger charge is -2.27. The molecule has 0 aliphatic heterocycles. The van der Waals surface area contributed by atoms with Crippen LogP contribution in [0.2, 0.25) is 0 Å². The predicted octanol–water partition coefficient (Wildman–Crippen LogP) is 2.65. The molecule has 17 heavy (non-hydrogen) atoms. The maximum atomic E-state index is 9.96. The van der Waals surface area contributed by atoms with Gasteiger partial charge in [0.2, 0.25) is 0 Å². The van der Waals surface area contributed by atoms with Gasteiger partial charge in [0.05, 0.1) is 28.7 Å². The molecule has 0 amide bonds. The second-order valence-corrected chi connectivity index (χ2v) is 5.60. The molecule has 1 heterocycles. The van der Waals surface area contributed by atoms with Crippen LogP contribution in [-0.2, 0) is 0 Å². The molecule has 0 bridgehead atoms. The van der Waals surface area contributed by atoms with Gasteiger partial charge in [-0.25, -0.2) is 0 Å². The molecule has 4 nitrogen and oxygen atoms in total. The van der Waals surface area contributed by atoms with Crippen LogP contribution < -0.4 is 5.32 Å². The molecule has 0 saturated heterocycles. The van der Waals surface area contributed by atoms with Gasteiger partial charge in [0.25, 0.3) is 0 Å². The van der Waals surface area contributed by atoms with Gasteiger partial charge in [-0.2, -0.15) is 5.10 Å². The summed E-state index contributed by atoms with van der Waals surface area (Å²) >= 11 is 0. The van der Waals surface area contributed by atoms with Crippen molar-refractivity contribution >= 4 is 5.69 Å². The van der Waals surface area contributed by atoms with Crippen molar-refractivity contribution in [2.45, 2.75) is 66.2 Å². The quantitative estimate of drug-likeness (QED) is 0.849. The second-order valence-electron chi connectivity index (χ2n) is 5.60. The fourth-order valence-electron chi connectivity index (χ4n) is 1.77. The number of rotatable bonds is 4. The summed E-state index contributed by atoms with van der Waals surface area (Å²) in [7, 11) is 0. The van der Waals surface area contributed by atoms with Crippen LogP contribution >= 0.6 is 0 Å². The molecule has 1 aromatic heterocycles. The summed E-state index contributed by atoms with van der Waals surface area (Å²) in [5.74, 6) is 0. The molecular formula is C13H25N3O. The number of nitrogens with zero attached hydrogens (tertiary/aromatic N) is 2. The maximum absolute atomic E-state index is 9.96. The first-order valence-electron chi connectivity index (χ1n) is 6.19. The zero-order chi connectivity index (χ0) is 13.4. The number of aliphatic hydroxyl groups is 1. The van der Waals surface area contributed by atoms with Crippen molar-refractivity contribution in [2.24, 2.45) is 0 Å². The van der Waals surface area contributed by atoms with E-state index in [1.165, 1.54) is 0 Å². The van der Waals surface area contributed by atoms with Gasteiger partial charge in [-0.05, 0) is 48.5 Å². The highest BCUT2D eigenvalue weighted by molar-refractivity contribution is 5.53. The molecule has 1 rings (SSSR count). The number of aromatic nitrogens is 2. The Morgan fingerprint density at radius 3 is 2.12 bits per heavy atom. The van der Waals surface area contributed by atoms with Gasteiger partial charge in [-0.1, -0.05) is 0 Å². The van der Waals surface area contributed by atoms with E-state index in [0.717, 1.165) is 17.1 Å². The Balaban J connectivity index is 3.00. The standard InChI is InChI=1S/C13H25N3O/c1-8(2)16-10(4)12(9(3)15-16)14-11(5)13(6,7)17/h8,11,14,17H,1-7H3. The molecule has 1 aromatic rings. The molecule has 0 aliphatic carbocycles. The number of aryl methyl sites for hydroxylation is 1. The van der Waals surface area contributed by atoms with E-state index < -0.39 is 5.60 Å². The second kappa shape index (κ2) is 4.69. The monoisotopic (exact) mass is 239 g/mol. The lowest BCUT2D eigenvalue weighted by Crippen LogP contribution is -2.39. The van der Waals surface area contributed by atoms with E-state index in [9.17, 15) is 5.11 Å². The predicted molar refractivity (Wildman–Crippen MR) is 71.5 cm³/mol. The highest BCUT2D eigenvalue weighted by Gasteiger charge is 2.24. The lowest BCUT2D eigenvalue weighted by molar-refractivity contribution is 0.0649. The van der Waals surface area contributed by atoms with Crippen molar-refractivity contribution < 1.29 is 5.11 Å². The van der Waals surface area contributed by atoms with E-state index in [1.807, 2.05) is 32.4 Å². The molecule has 0 saturated carbocycles. The Kier molecular flexibility index (Phi) is 3.87. The summed E-state index contributed by atoms with van der Waals surface area (Å²) in [5.41, 5.74) is 2.38. The molecule has 2 N–H and O–H groups in total. The third kappa shape index (κ3) is 3.00. The van der Waals surface area contributed by atoms with Crippen LogP contribution in [0.25, 0.3) is 0 Å². The third-order valence-electron chi connectivity index (χ3n) is 3.23. The van der Waals surface area contributed by atoms with Crippen LogP contribution in [0.3, 0.4) is 0 Å². The minimum atomic E-state index is -0.751. The number of anilines is 1. The molecule has 0 fully saturated rings. The van der Waals surface area contributed by atoms with Gasteiger partial charge in [-0.3, -0.25) is 4.68 Å². The Hall–Kier alpha value is -1.03. The molecule has 98 valence electrons. The van der Waals surface area contributed by atoms with Crippen LogP contribution in [0.4, 0.5) is 5.69 Å². The van der Waals surface area contributed by atoms with Gasteiger partial charge >= 0.3 is 0 Å². The van der Waals surface area contributed by atoms with E-state index >= 15 is 0 Å². The molecule has 4 heteroatoms. The third-order valence-corrected chi connectivity index (χ3v) is 3.23. The first-order chi connectivity index (χ1) is 7.64. The zero-order valence-electron chi connectivity index (χ0n) is 12.0. The Morgan fingerprint density at radius 1 is 1.24 bits per heavy atom. The Labute approximate surface area is 104 Å². The lowest BCUT2D eigenvalue weighted by atomic mass is 10.0. The zero-order valence-corrected chi connectivity index (χ0v) is 12.0. The van der Waals surface area contributed by atoms with Crippen molar-refractivity contribution in [3.8, 4) is 0 Å². The van der Waals surface area contributed by atoms with Crippen LogP contribution in [-0.4, -0.2) is 26.5 Å². The molecular weight excluding hydrogens is 214 g/mol. The van der Waals surface area contributed by atoms with Crippen molar-refractivity contribution in [3.63, 3.8) is 0 Å². The van der Waals surface area contributed by atoms with Crippen LogP contribution in [0.5, 0.6) is 0 Å². The maximum Gasteiger partial charge on any atom is 0.0828 e. The van der Waals surface area contributed by atoms with E-state index in [4.69, 9.17) is 0 Å². The van der Waals surface area contributed by atoms with Crippen molar-refractivity contribution in [1.82, 2.24) is 9.78 Å². The van der Waals surface area contributed by atoms with E-state index in [-0.39, 0.29) is 6.04 Å². The molecule has 1 unspecified atom stereocenters. The summed E-state index contributed by atoms with van der Waals surface area (Å²) in [6.07, 6.45) is 0. The first-order valence-corrected chi connectivity index (χ1v) is 6.19. The summed E-state index contributed by atoms with van der Waals surface area (Å²) < 4.78 is 2.01. The Bertz CT molecular complexity index is 388. The molecule has 0 aromatic carbocycles. The topological polar surface area (TPSA) is 50.1 Å². The Morgan fingerprint density at radius 2 is 1.76 bits per heavy atom. The fourth-order valence-corrected chi connectivity index (χ4v) is 1.77. The number of hydrogen-bond donors (Lipinski definition) is 2. The largest absolute Gasteiger partial charge is 0.388 e. The average Bonchev–Trinajstić information content (AvgIpc) is 2.44. The van der Waals surface area contributed by atoms with Crippen molar-refractivity contribution in [1.29, 1.82) is 0 Å². The normalized spacial score (nSPS) is 14.2. The molecule has 0 radical (unpaired) electrons. The van der Waals surface area contributed by atoms with Crippen LogP contribution in [0.15, 0.2) is 0 Å². The van der Waals surface area contributed by atoms with Gasteiger partial charge in [-0.15, -0.1) is 0 Å². The van der Waals surface area contributed by atoms with Crippen molar-refractivity contribution in [2.75, 3.05) is 5.32 Å². The molecule has 0 aliphatic rings. The summed E-state index contributed by atoms with van der Waals surface area (Å²) in [4.78, 5) is 0. The van der Waals surface area contributed by atoms with Gasteiger partial charge < -0.3 is 10.4 Å². The van der Waals surface area contributed by atoms with Gasteiger partial charge in [0, 0.05) is 6.04 Å². The highest BCUT2D eigenvalue weighted by atomic mass is 16.3. The molecule has 1 atom stereocenters. The first kappa shape index (κ1) is 14.0. The smallest absolute Gasteiger partial charge is 0.0828 e. The van der Waals surface area contributed by atoms with E-state index in [0.29, 0.717) is 6.04 Å². The highest BCUT2D eigenvalue weighted by Crippen LogP contribution is 2.25. The van der Waals surface area contributed by atoms with Crippen molar-refractivity contribution in [3.05, 3.63) is 11.4 Å². The fraction of sp³-hybridized carbons (Fsp3) is 0.769. The summed E-state index contributed by atoms with van der Waals surface area (Å²) in [5, 5.41) is 17.8. The van der Waals surface area contributed by atoms with E-state index in [2.05, 4.69) is 31.2 Å². The van der Waals surface area contributed by atoms with Crippen LogP contribution in [0, 0.1) is 13.8 Å². The number of hydrogen-bond acceptors (Lipinski definition) is 3. The van der Waals surface area contributed by atoms with Gasteiger partial charge in [0.1, 0.15) is 0 Å². The minimum Gasteiger partial charge on any atom is -0.388 e. The minimum absolute atomic E-state index is 0.0234. The molecule has 0 spiro atoms. The number of nitrogens with one attached hydrogen (secondary N) is 1. The van der Waals surface area contributed by atoms with E-state index in [1.54, 1.807) is 0 Å². The average molecular weight is 239 g/mol.